The molecule has 1 amide bonds. The second kappa shape index (κ2) is 10.3. The first-order chi connectivity index (χ1) is 16.2. The predicted octanol–water partition coefficient (Wildman–Crippen LogP) is 4.55. The van der Waals surface area contributed by atoms with Crippen LogP contribution in [0.3, 0.4) is 0 Å². The fraction of sp³-hybridized carbons (Fsp3) is 0.417. The average molecular weight is 503 g/mol. The number of tetrazole rings is 1. The van der Waals surface area contributed by atoms with Gasteiger partial charge in [-0.15, -0.1) is 10.2 Å². The van der Waals surface area contributed by atoms with Crippen molar-refractivity contribution in [2.75, 3.05) is 20.1 Å². The first-order valence-corrected chi connectivity index (χ1v) is 12.0. The summed E-state index contributed by atoms with van der Waals surface area (Å²) < 4.78 is 6.60. The summed E-state index contributed by atoms with van der Waals surface area (Å²) in [6.45, 7) is 8.08. The topological polar surface area (TPSA) is 87.2 Å². The normalized spacial score (nSPS) is 18.6. The van der Waals surface area contributed by atoms with Crippen molar-refractivity contribution in [1.29, 1.82) is 0 Å². The Morgan fingerprint density at radius 2 is 1.97 bits per heavy atom. The number of likely N-dealkylation sites (N-methyl/N-ethyl adjacent to an activating group) is 1. The number of halogens is 2. The van der Waals surface area contributed by atoms with Crippen molar-refractivity contribution < 1.29 is 9.53 Å². The van der Waals surface area contributed by atoms with E-state index in [0.717, 1.165) is 5.56 Å². The van der Waals surface area contributed by atoms with E-state index in [9.17, 15) is 4.79 Å². The molecule has 4 rings (SSSR count). The van der Waals surface area contributed by atoms with Crippen molar-refractivity contribution in [2.24, 2.45) is 5.92 Å². The Bertz CT molecular complexity index is 1150. The van der Waals surface area contributed by atoms with Gasteiger partial charge in [-0.2, -0.15) is 5.21 Å². The number of rotatable bonds is 6. The molecular formula is C24H28Cl2N6O2. The van der Waals surface area contributed by atoms with Crippen LogP contribution in [0.5, 0.6) is 5.75 Å². The van der Waals surface area contributed by atoms with Gasteiger partial charge in [-0.1, -0.05) is 42.3 Å². The van der Waals surface area contributed by atoms with Crippen LogP contribution in [0.1, 0.15) is 36.7 Å². The van der Waals surface area contributed by atoms with Gasteiger partial charge in [0.15, 0.2) is 0 Å². The average Bonchev–Trinajstić information content (AvgIpc) is 3.33. The highest BCUT2D eigenvalue weighted by molar-refractivity contribution is 6.42. The second-order valence-corrected chi connectivity index (χ2v) is 9.86. The van der Waals surface area contributed by atoms with E-state index in [2.05, 4.69) is 32.4 Å². The summed E-state index contributed by atoms with van der Waals surface area (Å²) in [6, 6.07) is 11.2. The zero-order valence-corrected chi connectivity index (χ0v) is 21.1. The summed E-state index contributed by atoms with van der Waals surface area (Å²) in [4.78, 5) is 17.6. The predicted molar refractivity (Wildman–Crippen MR) is 132 cm³/mol. The Labute approximate surface area is 209 Å². The number of nitrogens with one attached hydrogen (secondary N) is 1. The first-order valence-electron chi connectivity index (χ1n) is 11.2. The molecule has 2 atom stereocenters. The number of amides is 1. The van der Waals surface area contributed by atoms with Crippen LogP contribution in [-0.4, -0.2) is 68.6 Å². The minimum Gasteiger partial charge on any atom is -0.487 e. The molecule has 10 heteroatoms. The quantitative estimate of drug-likeness (QED) is 0.531. The van der Waals surface area contributed by atoms with Crippen molar-refractivity contribution in [3.63, 3.8) is 0 Å². The van der Waals surface area contributed by atoms with Gasteiger partial charge in [0.2, 0.25) is 5.82 Å². The van der Waals surface area contributed by atoms with Crippen LogP contribution in [0, 0.1) is 5.92 Å². The van der Waals surface area contributed by atoms with Crippen LogP contribution in [-0.2, 0) is 6.54 Å². The van der Waals surface area contributed by atoms with Gasteiger partial charge in [-0.3, -0.25) is 9.69 Å². The van der Waals surface area contributed by atoms with Crippen molar-refractivity contribution in [1.82, 2.24) is 30.4 Å². The molecule has 34 heavy (non-hydrogen) atoms. The van der Waals surface area contributed by atoms with Gasteiger partial charge in [0.1, 0.15) is 11.9 Å². The van der Waals surface area contributed by atoms with Gasteiger partial charge in [0, 0.05) is 31.6 Å². The van der Waals surface area contributed by atoms with Crippen molar-refractivity contribution in [3.8, 4) is 17.1 Å². The number of ether oxygens (including phenoxy) is 1. The van der Waals surface area contributed by atoms with E-state index in [-0.39, 0.29) is 24.0 Å². The summed E-state index contributed by atoms with van der Waals surface area (Å²) >= 11 is 12.3. The Kier molecular flexibility index (Phi) is 7.40. The molecule has 1 aliphatic rings. The lowest BCUT2D eigenvalue weighted by Gasteiger charge is -2.38. The molecule has 1 N–H and O–H groups in total. The summed E-state index contributed by atoms with van der Waals surface area (Å²) in [7, 11) is 2.04. The number of carbonyl (C=O) groups is 1. The van der Waals surface area contributed by atoms with E-state index >= 15 is 0 Å². The molecule has 1 aliphatic heterocycles. The number of nitrogens with zero attached hydrogens (tertiary/aromatic N) is 5. The number of hydrogen-bond donors (Lipinski definition) is 1. The van der Waals surface area contributed by atoms with Crippen molar-refractivity contribution in [2.45, 2.75) is 39.5 Å². The number of aromatic amines is 1. The second-order valence-electron chi connectivity index (χ2n) is 9.05. The molecule has 0 saturated carbocycles. The molecule has 0 radical (unpaired) electrons. The lowest BCUT2D eigenvalue weighted by Crippen LogP contribution is -2.48. The molecule has 180 valence electrons. The highest BCUT2D eigenvalue weighted by Gasteiger charge is 2.34. The smallest absolute Gasteiger partial charge is 0.257 e. The highest BCUT2D eigenvalue weighted by atomic mass is 35.5. The number of para-hydroxylation sites is 1. The lowest BCUT2D eigenvalue weighted by molar-refractivity contribution is 0.0433. The molecule has 3 aromatic rings. The number of H-pyrrole nitrogens is 1. The molecule has 0 bridgehead atoms. The van der Waals surface area contributed by atoms with Gasteiger partial charge >= 0.3 is 0 Å². The maximum absolute atomic E-state index is 13.5. The molecule has 8 nitrogen and oxygen atoms in total. The number of fused-ring (bicyclic) bond motifs is 1. The molecule has 0 spiro atoms. The van der Waals surface area contributed by atoms with Gasteiger partial charge in [-0.25, -0.2) is 0 Å². The number of carbonyl (C=O) groups excluding carboxylic acids is 1. The Hall–Kier alpha value is -2.68. The van der Waals surface area contributed by atoms with Crippen LogP contribution in [0.4, 0.5) is 0 Å². The van der Waals surface area contributed by atoms with Gasteiger partial charge < -0.3 is 9.64 Å². The zero-order chi connectivity index (χ0) is 24.4. The molecule has 2 heterocycles. The number of aromatic nitrogens is 4. The van der Waals surface area contributed by atoms with Gasteiger partial charge in [-0.05, 0) is 55.9 Å². The van der Waals surface area contributed by atoms with Crippen LogP contribution in [0.15, 0.2) is 36.4 Å². The zero-order valence-electron chi connectivity index (χ0n) is 19.6. The molecule has 0 saturated heterocycles. The van der Waals surface area contributed by atoms with E-state index in [0.29, 0.717) is 52.4 Å². The monoisotopic (exact) mass is 502 g/mol. The Balaban J connectivity index is 1.67. The van der Waals surface area contributed by atoms with Crippen LogP contribution >= 0.6 is 23.2 Å². The minimum absolute atomic E-state index is 0.0457. The van der Waals surface area contributed by atoms with Crippen LogP contribution in [0.2, 0.25) is 10.0 Å². The molecule has 0 unspecified atom stereocenters. The third kappa shape index (κ3) is 5.19. The number of benzene rings is 2. The fourth-order valence-electron chi connectivity index (χ4n) is 4.20. The largest absolute Gasteiger partial charge is 0.487 e. The third-order valence-electron chi connectivity index (χ3n) is 6.03. The van der Waals surface area contributed by atoms with Crippen molar-refractivity contribution >= 4 is 29.1 Å². The SMILES string of the molecule is CC(C)N1C[C@H](C)[C@@H](CN(C)Cc2ccc(Cl)c(Cl)c2)Oc2c(cccc2-c2nn[nH]n2)C1=O. The van der Waals surface area contributed by atoms with Gasteiger partial charge in [0.05, 0.1) is 21.2 Å². The van der Waals surface area contributed by atoms with E-state index in [1.165, 1.54) is 0 Å². The first kappa shape index (κ1) is 24.4. The maximum atomic E-state index is 13.5. The van der Waals surface area contributed by atoms with E-state index in [1.807, 2.05) is 56.1 Å². The van der Waals surface area contributed by atoms with Gasteiger partial charge in [0.25, 0.3) is 5.91 Å². The third-order valence-corrected chi connectivity index (χ3v) is 6.77. The van der Waals surface area contributed by atoms with Crippen LogP contribution < -0.4 is 4.74 Å². The van der Waals surface area contributed by atoms with E-state index < -0.39 is 0 Å². The summed E-state index contributed by atoms with van der Waals surface area (Å²) in [5, 5.41) is 15.5. The minimum atomic E-state index is -0.186. The molecule has 0 fully saturated rings. The number of hydrogen-bond acceptors (Lipinski definition) is 6. The van der Waals surface area contributed by atoms with E-state index in [1.54, 1.807) is 6.07 Å². The summed E-state index contributed by atoms with van der Waals surface area (Å²) in [5.41, 5.74) is 2.19. The molecular weight excluding hydrogens is 475 g/mol. The summed E-state index contributed by atoms with van der Waals surface area (Å²) in [5.74, 6) is 0.884. The molecule has 1 aromatic heterocycles. The maximum Gasteiger partial charge on any atom is 0.257 e. The van der Waals surface area contributed by atoms with Crippen LogP contribution in [0.25, 0.3) is 11.4 Å². The van der Waals surface area contributed by atoms with Crippen molar-refractivity contribution in [3.05, 3.63) is 57.6 Å². The highest BCUT2D eigenvalue weighted by Crippen LogP contribution is 2.36. The molecule has 2 aromatic carbocycles. The standard InChI is InChI=1S/C24H28Cl2N6O2/c1-14(2)32-11-15(3)21(13-31(4)12-16-8-9-19(25)20(26)10-16)34-22-17(23-27-29-30-28-23)6-5-7-18(22)24(32)33/h5-10,14-15,21H,11-13H2,1-4H3,(H,27,28,29,30)/t15-,21+/m0/s1. The molecule has 0 aliphatic carbocycles. The fourth-order valence-corrected chi connectivity index (χ4v) is 4.52. The Morgan fingerprint density at radius 1 is 1.21 bits per heavy atom. The van der Waals surface area contributed by atoms with E-state index in [4.69, 9.17) is 27.9 Å². The lowest BCUT2D eigenvalue weighted by atomic mass is 9.98. The Morgan fingerprint density at radius 3 is 2.65 bits per heavy atom. The summed E-state index contributed by atoms with van der Waals surface area (Å²) in [6.07, 6.45) is -0.186.